The molecular formula is C20H28IN3O. The maximum absolute atomic E-state index is 6.12. The Bertz CT molecular complexity index is 671. The van der Waals surface area contributed by atoms with Gasteiger partial charge in [-0.15, -0.1) is 24.0 Å². The van der Waals surface area contributed by atoms with Gasteiger partial charge >= 0.3 is 0 Å². The predicted molar refractivity (Wildman–Crippen MR) is 112 cm³/mol. The largest absolute Gasteiger partial charge is 0.377 e. The van der Waals surface area contributed by atoms with Crippen molar-refractivity contribution in [1.82, 2.24) is 5.32 Å². The molecule has 3 atom stereocenters. The number of nitrogens with one attached hydrogen (secondary N) is 1. The van der Waals surface area contributed by atoms with E-state index < -0.39 is 0 Å². The number of fused-ring (bicyclic) bond motifs is 3. The molecule has 136 valence electrons. The fraction of sp³-hybridized carbons (Fsp3) is 0.650. The monoisotopic (exact) mass is 453 g/mol. The van der Waals surface area contributed by atoms with Gasteiger partial charge < -0.3 is 15.0 Å². The Morgan fingerprint density at radius 3 is 2.88 bits per heavy atom. The Hall–Kier alpha value is -0.820. The third-order valence-corrected chi connectivity index (χ3v) is 6.93. The van der Waals surface area contributed by atoms with E-state index in [1.54, 1.807) is 0 Å². The number of guanidine groups is 1. The number of benzene rings is 1. The Balaban J connectivity index is 0.00000157. The van der Waals surface area contributed by atoms with E-state index in [-0.39, 0.29) is 24.0 Å². The van der Waals surface area contributed by atoms with Crippen molar-refractivity contribution in [2.24, 2.45) is 16.3 Å². The zero-order valence-electron chi connectivity index (χ0n) is 14.9. The molecule has 5 rings (SSSR count). The van der Waals surface area contributed by atoms with Crippen LogP contribution >= 0.6 is 24.0 Å². The molecule has 1 aromatic rings. The summed E-state index contributed by atoms with van der Waals surface area (Å²) in [6.07, 6.45) is 8.17. The molecule has 2 aliphatic heterocycles. The summed E-state index contributed by atoms with van der Waals surface area (Å²) >= 11 is 0. The van der Waals surface area contributed by atoms with E-state index in [1.165, 1.54) is 43.4 Å². The minimum absolute atomic E-state index is 0. The van der Waals surface area contributed by atoms with Crippen molar-refractivity contribution in [3.63, 3.8) is 0 Å². The molecule has 1 saturated heterocycles. The van der Waals surface area contributed by atoms with Crippen molar-refractivity contribution in [1.29, 1.82) is 0 Å². The van der Waals surface area contributed by atoms with Crippen LogP contribution in [0.15, 0.2) is 29.3 Å². The first-order valence-corrected chi connectivity index (χ1v) is 9.54. The second kappa shape index (κ2) is 6.72. The van der Waals surface area contributed by atoms with Gasteiger partial charge in [-0.05, 0) is 37.3 Å². The minimum Gasteiger partial charge on any atom is -0.377 e. The molecule has 3 fully saturated rings. The van der Waals surface area contributed by atoms with E-state index in [4.69, 9.17) is 4.74 Å². The Kier molecular flexibility index (Phi) is 4.73. The number of aliphatic imine (C=N–C) groups is 1. The molecule has 1 N–H and O–H groups in total. The molecular weight excluding hydrogens is 425 g/mol. The van der Waals surface area contributed by atoms with Crippen LogP contribution in [0.25, 0.3) is 0 Å². The zero-order valence-corrected chi connectivity index (χ0v) is 17.2. The number of halogens is 1. The topological polar surface area (TPSA) is 36.9 Å². The second-order valence-electron chi connectivity index (χ2n) is 7.88. The fourth-order valence-electron chi connectivity index (χ4n) is 5.86. The summed E-state index contributed by atoms with van der Waals surface area (Å²) < 4.78 is 6.12. The molecule has 3 unspecified atom stereocenters. The molecule has 1 spiro atoms. The van der Waals surface area contributed by atoms with Gasteiger partial charge in [0.15, 0.2) is 5.96 Å². The van der Waals surface area contributed by atoms with Crippen LogP contribution in [0.5, 0.6) is 0 Å². The molecule has 2 saturated carbocycles. The van der Waals surface area contributed by atoms with E-state index in [0.29, 0.717) is 23.5 Å². The highest BCUT2D eigenvalue weighted by atomic mass is 127. The highest BCUT2D eigenvalue weighted by molar-refractivity contribution is 14.0. The number of hydrogen-bond donors (Lipinski definition) is 1. The van der Waals surface area contributed by atoms with E-state index in [9.17, 15) is 0 Å². The summed E-state index contributed by atoms with van der Waals surface area (Å²) in [5.41, 5.74) is 3.13. The van der Waals surface area contributed by atoms with Crippen molar-refractivity contribution in [2.45, 2.75) is 50.7 Å². The van der Waals surface area contributed by atoms with Crippen LogP contribution in [-0.4, -0.2) is 38.3 Å². The van der Waals surface area contributed by atoms with Gasteiger partial charge in [0.25, 0.3) is 0 Å². The first-order chi connectivity index (χ1) is 11.8. The Morgan fingerprint density at radius 1 is 1.28 bits per heavy atom. The molecule has 0 aromatic heterocycles. The van der Waals surface area contributed by atoms with Crippen LogP contribution in [0.3, 0.4) is 0 Å². The van der Waals surface area contributed by atoms with Crippen LogP contribution in [0, 0.1) is 11.3 Å². The lowest BCUT2D eigenvalue weighted by Crippen LogP contribution is -2.69. The quantitative estimate of drug-likeness (QED) is 0.401. The van der Waals surface area contributed by atoms with E-state index in [1.807, 2.05) is 7.05 Å². The number of anilines is 1. The van der Waals surface area contributed by atoms with Crippen LogP contribution in [0.1, 0.15) is 37.7 Å². The lowest BCUT2D eigenvalue weighted by atomic mass is 9.54. The highest BCUT2D eigenvalue weighted by Crippen LogP contribution is 2.60. The van der Waals surface area contributed by atoms with Crippen molar-refractivity contribution >= 4 is 35.6 Å². The van der Waals surface area contributed by atoms with Crippen LogP contribution in [0.2, 0.25) is 0 Å². The van der Waals surface area contributed by atoms with E-state index >= 15 is 0 Å². The summed E-state index contributed by atoms with van der Waals surface area (Å²) in [5.74, 6) is 1.74. The molecule has 5 heteroatoms. The molecule has 0 radical (unpaired) electrons. The molecule has 4 aliphatic rings. The van der Waals surface area contributed by atoms with Gasteiger partial charge in [0, 0.05) is 43.3 Å². The minimum atomic E-state index is 0. The fourth-order valence-corrected chi connectivity index (χ4v) is 5.86. The van der Waals surface area contributed by atoms with Gasteiger partial charge in [-0.25, -0.2) is 0 Å². The first-order valence-electron chi connectivity index (χ1n) is 9.54. The van der Waals surface area contributed by atoms with Crippen molar-refractivity contribution in [3.8, 4) is 0 Å². The standard InChI is InChI=1S/C20H27N3O.HI/c1-21-19(23-12-8-14-6-2-3-7-16(14)23)22-17-15-9-13-24-18(15)20(17)10-4-5-11-20;/h2-3,6-7,15,17-18H,4-5,8-13H2,1H3,(H,21,22);1H. The average Bonchev–Trinajstić information content (AvgIpc) is 3.34. The van der Waals surface area contributed by atoms with Gasteiger partial charge in [-0.3, -0.25) is 4.99 Å². The SMILES string of the molecule is CN=C(NC1C2CCOC2C12CCCC2)N1CCc2ccccc21.I. The zero-order chi connectivity index (χ0) is 16.1. The summed E-state index contributed by atoms with van der Waals surface area (Å²) in [5, 5.41) is 3.89. The van der Waals surface area contributed by atoms with Crippen LogP contribution in [-0.2, 0) is 11.2 Å². The summed E-state index contributed by atoms with van der Waals surface area (Å²) in [4.78, 5) is 7.03. The lowest BCUT2D eigenvalue weighted by molar-refractivity contribution is -0.124. The molecule has 0 bridgehead atoms. The maximum Gasteiger partial charge on any atom is 0.198 e. The van der Waals surface area contributed by atoms with Gasteiger partial charge in [0.1, 0.15) is 0 Å². The third kappa shape index (κ3) is 2.52. The van der Waals surface area contributed by atoms with Gasteiger partial charge in [0.2, 0.25) is 0 Å². The number of rotatable bonds is 1. The molecule has 2 heterocycles. The highest BCUT2D eigenvalue weighted by Gasteiger charge is 2.65. The second-order valence-corrected chi connectivity index (χ2v) is 7.88. The Morgan fingerprint density at radius 2 is 2.08 bits per heavy atom. The van der Waals surface area contributed by atoms with Crippen molar-refractivity contribution in [3.05, 3.63) is 29.8 Å². The molecule has 2 aliphatic carbocycles. The van der Waals surface area contributed by atoms with Crippen molar-refractivity contribution < 1.29 is 4.74 Å². The summed E-state index contributed by atoms with van der Waals surface area (Å²) in [7, 11) is 1.92. The smallest absolute Gasteiger partial charge is 0.198 e. The summed E-state index contributed by atoms with van der Waals surface area (Å²) in [6.45, 7) is 1.98. The molecule has 1 aromatic carbocycles. The first kappa shape index (κ1) is 17.6. The van der Waals surface area contributed by atoms with Gasteiger partial charge in [-0.1, -0.05) is 31.0 Å². The average molecular weight is 453 g/mol. The third-order valence-electron chi connectivity index (χ3n) is 6.93. The number of nitrogens with zero attached hydrogens (tertiary/aromatic N) is 2. The van der Waals surface area contributed by atoms with E-state index in [0.717, 1.165) is 25.5 Å². The predicted octanol–water partition coefficient (Wildman–Crippen LogP) is 3.59. The van der Waals surface area contributed by atoms with Crippen LogP contribution < -0.4 is 10.2 Å². The molecule has 4 nitrogen and oxygen atoms in total. The maximum atomic E-state index is 6.12. The normalized spacial score (nSPS) is 32.1. The van der Waals surface area contributed by atoms with Crippen LogP contribution in [0.4, 0.5) is 5.69 Å². The van der Waals surface area contributed by atoms with Crippen molar-refractivity contribution in [2.75, 3.05) is 25.1 Å². The van der Waals surface area contributed by atoms with E-state index in [2.05, 4.69) is 39.5 Å². The molecule has 25 heavy (non-hydrogen) atoms. The number of ether oxygens (including phenoxy) is 1. The summed E-state index contributed by atoms with van der Waals surface area (Å²) in [6, 6.07) is 9.28. The van der Waals surface area contributed by atoms with Gasteiger partial charge in [-0.2, -0.15) is 0 Å². The number of para-hydroxylation sites is 1. The number of hydrogen-bond acceptors (Lipinski definition) is 2. The Labute approximate surface area is 167 Å². The lowest BCUT2D eigenvalue weighted by Gasteiger charge is -2.57. The van der Waals surface area contributed by atoms with Gasteiger partial charge in [0.05, 0.1) is 6.10 Å². The molecule has 0 amide bonds.